The van der Waals surface area contributed by atoms with Gasteiger partial charge in [0.2, 0.25) is 0 Å². The molecule has 8 nitrogen and oxygen atoms in total. The molecule has 0 aromatic carbocycles. The number of rotatable bonds is 6. The van der Waals surface area contributed by atoms with E-state index >= 15 is 0 Å². The molecule has 4 aromatic heterocycles. The molecule has 0 radical (unpaired) electrons. The van der Waals surface area contributed by atoms with Gasteiger partial charge in [0.15, 0.2) is 11.6 Å². The molecule has 0 saturated heterocycles. The number of hydrogen-bond donors (Lipinski definition) is 1. The van der Waals surface area contributed by atoms with E-state index in [0.29, 0.717) is 34.4 Å². The normalized spacial score (nSPS) is 11.3. The summed E-state index contributed by atoms with van der Waals surface area (Å²) >= 11 is 6.33. The maximum atomic E-state index is 13.9. The minimum absolute atomic E-state index is 0.00639. The van der Waals surface area contributed by atoms with Crippen LogP contribution in [0.25, 0.3) is 17.1 Å². The zero-order chi connectivity index (χ0) is 26.9. The van der Waals surface area contributed by atoms with Gasteiger partial charge in [-0.05, 0) is 32.9 Å². The van der Waals surface area contributed by atoms with E-state index in [-0.39, 0.29) is 28.9 Å². The second kappa shape index (κ2) is 10.0. The van der Waals surface area contributed by atoms with E-state index in [0.717, 1.165) is 6.20 Å². The third-order valence-corrected chi connectivity index (χ3v) is 5.64. The highest BCUT2D eigenvalue weighted by Crippen LogP contribution is 2.27. The Hall–Kier alpha value is -4.20. The Morgan fingerprint density at radius 3 is 2.59 bits per heavy atom. The lowest BCUT2D eigenvalue weighted by molar-refractivity contribution is 0.0688. The minimum Gasteiger partial charge on any atom is -0.485 e. The standard InChI is InChI=1S/C26H20ClF2N5O3/c1-5-15-11-31-19(18-6-7-30-25(33-18)26(3,4)36)10-21(15)34-14(2)8-22(23(27)24(34)35)37-13-20-17(29)9-16(28)12-32-20/h1,6-12,36H,13H2,2-4H3. The lowest BCUT2D eigenvalue weighted by atomic mass is 10.1. The van der Waals surface area contributed by atoms with Gasteiger partial charge in [0.25, 0.3) is 5.56 Å². The van der Waals surface area contributed by atoms with Crippen LogP contribution in [0.15, 0.2) is 47.7 Å². The van der Waals surface area contributed by atoms with E-state index in [2.05, 4.69) is 25.9 Å². The lowest BCUT2D eigenvalue weighted by Crippen LogP contribution is -2.23. The van der Waals surface area contributed by atoms with Crippen LogP contribution in [0.4, 0.5) is 8.78 Å². The summed E-state index contributed by atoms with van der Waals surface area (Å²) in [7, 11) is 0. The van der Waals surface area contributed by atoms with Crippen molar-refractivity contribution in [1.29, 1.82) is 0 Å². The Morgan fingerprint density at radius 2 is 1.92 bits per heavy atom. The van der Waals surface area contributed by atoms with Crippen molar-refractivity contribution in [3.8, 4) is 35.2 Å². The van der Waals surface area contributed by atoms with Crippen molar-refractivity contribution >= 4 is 11.6 Å². The highest BCUT2D eigenvalue weighted by Gasteiger charge is 2.21. The van der Waals surface area contributed by atoms with E-state index in [4.69, 9.17) is 22.8 Å². The number of aliphatic hydroxyl groups is 1. The smallest absolute Gasteiger partial charge is 0.277 e. The second-order valence-corrected chi connectivity index (χ2v) is 8.91. The van der Waals surface area contributed by atoms with Gasteiger partial charge in [0.1, 0.15) is 34.5 Å². The number of nitrogens with zero attached hydrogens (tertiary/aromatic N) is 5. The molecule has 4 aromatic rings. The van der Waals surface area contributed by atoms with Crippen molar-refractivity contribution in [2.45, 2.75) is 33.0 Å². The lowest BCUT2D eigenvalue weighted by Gasteiger charge is -2.17. The first-order chi connectivity index (χ1) is 17.5. The first-order valence-corrected chi connectivity index (χ1v) is 11.3. The van der Waals surface area contributed by atoms with Crippen LogP contribution in [0.3, 0.4) is 0 Å². The molecule has 0 fully saturated rings. The van der Waals surface area contributed by atoms with E-state index in [1.807, 2.05) is 0 Å². The van der Waals surface area contributed by atoms with Gasteiger partial charge < -0.3 is 9.84 Å². The Balaban J connectivity index is 1.76. The van der Waals surface area contributed by atoms with Crippen LogP contribution in [-0.4, -0.2) is 29.6 Å². The monoisotopic (exact) mass is 523 g/mol. The van der Waals surface area contributed by atoms with Gasteiger partial charge in [-0.3, -0.25) is 19.3 Å². The van der Waals surface area contributed by atoms with Gasteiger partial charge >= 0.3 is 0 Å². The maximum Gasteiger partial charge on any atom is 0.277 e. The Kier molecular flexibility index (Phi) is 7.03. The third kappa shape index (κ3) is 5.33. The van der Waals surface area contributed by atoms with E-state index in [1.54, 1.807) is 32.9 Å². The van der Waals surface area contributed by atoms with Crippen molar-refractivity contribution in [3.05, 3.63) is 92.6 Å². The van der Waals surface area contributed by atoms with Crippen LogP contribution in [0, 0.1) is 30.9 Å². The highest BCUT2D eigenvalue weighted by molar-refractivity contribution is 6.31. The van der Waals surface area contributed by atoms with Gasteiger partial charge in [-0.2, -0.15) is 0 Å². The number of aromatic nitrogens is 5. The molecule has 1 N–H and O–H groups in total. The van der Waals surface area contributed by atoms with Gasteiger partial charge in [-0.25, -0.2) is 18.7 Å². The molecule has 188 valence electrons. The predicted octanol–water partition coefficient (Wildman–Crippen LogP) is 4.11. The van der Waals surface area contributed by atoms with Crippen LogP contribution >= 0.6 is 11.6 Å². The first kappa shape index (κ1) is 25.9. The molecule has 0 aliphatic heterocycles. The molecule has 0 aliphatic carbocycles. The fourth-order valence-electron chi connectivity index (χ4n) is 3.46. The molecule has 0 saturated carbocycles. The van der Waals surface area contributed by atoms with E-state index in [1.165, 1.54) is 23.0 Å². The van der Waals surface area contributed by atoms with Gasteiger partial charge in [-0.1, -0.05) is 17.5 Å². The predicted molar refractivity (Wildman–Crippen MR) is 132 cm³/mol. The summed E-state index contributed by atoms with van der Waals surface area (Å²) in [5.74, 6) is 0.982. The number of terminal acetylenes is 1. The number of ether oxygens (including phenoxy) is 1. The van der Waals surface area contributed by atoms with Crippen LogP contribution < -0.4 is 10.3 Å². The molecule has 0 amide bonds. The zero-order valence-electron chi connectivity index (χ0n) is 20.0. The summed E-state index contributed by atoms with van der Waals surface area (Å²) in [6.45, 7) is 4.38. The molecule has 4 heterocycles. The average molecular weight is 524 g/mol. The average Bonchev–Trinajstić information content (AvgIpc) is 2.86. The number of halogens is 3. The number of hydrogen-bond acceptors (Lipinski definition) is 7. The highest BCUT2D eigenvalue weighted by atomic mass is 35.5. The zero-order valence-corrected chi connectivity index (χ0v) is 20.7. The largest absolute Gasteiger partial charge is 0.485 e. The SMILES string of the molecule is C#Cc1cnc(-c2ccnc(C(C)(C)O)n2)cc1-n1c(C)cc(OCc2ncc(F)cc2F)c(Cl)c1=O. The number of pyridine rings is 3. The summed E-state index contributed by atoms with van der Waals surface area (Å²) in [5.41, 5.74) is -0.247. The van der Waals surface area contributed by atoms with Crippen LogP contribution in [0.5, 0.6) is 5.75 Å². The molecule has 37 heavy (non-hydrogen) atoms. The first-order valence-electron chi connectivity index (χ1n) is 10.9. The molecule has 0 aliphatic rings. The third-order valence-electron chi connectivity index (χ3n) is 5.29. The van der Waals surface area contributed by atoms with E-state index in [9.17, 15) is 18.7 Å². The fraction of sp³-hybridized carbons (Fsp3) is 0.192. The molecular formula is C26H20ClF2N5O3. The quantitative estimate of drug-likeness (QED) is 0.379. The van der Waals surface area contributed by atoms with Gasteiger partial charge in [0, 0.05) is 30.2 Å². The van der Waals surface area contributed by atoms with Crippen molar-refractivity contribution in [3.63, 3.8) is 0 Å². The molecule has 4 rings (SSSR count). The van der Waals surface area contributed by atoms with Gasteiger partial charge in [-0.15, -0.1) is 6.42 Å². The van der Waals surface area contributed by atoms with E-state index < -0.39 is 22.8 Å². The van der Waals surface area contributed by atoms with Crippen molar-refractivity contribution in [2.75, 3.05) is 0 Å². The van der Waals surface area contributed by atoms with Crippen molar-refractivity contribution in [2.24, 2.45) is 0 Å². The summed E-state index contributed by atoms with van der Waals surface area (Å²) < 4.78 is 33.9. The summed E-state index contributed by atoms with van der Waals surface area (Å²) in [6.07, 6.45) is 9.44. The Morgan fingerprint density at radius 1 is 1.16 bits per heavy atom. The Bertz CT molecular complexity index is 1610. The van der Waals surface area contributed by atoms with Crippen molar-refractivity contribution in [1.82, 2.24) is 24.5 Å². The summed E-state index contributed by atoms with van der Waals surface area (Å²) in [6, 6.07) is 5.36. The maximum absolute atomic E-state index is 13.9. The molecule has 0 unspecified atom stereocenters. The van der Waals surface area contributed by atoms with Crippen LogP contribution in [-0.2, 0) is 12.2 Å². The summed E-state index contributed by atoms with van der Waals surface area (Å²) in [5, 5.41) is 9.99. The second-order valence-electron chi connectivity index (χ2n) is 8.53. The number of aryl methyl sites for hydroxylation is 1. The minimum atomic E-state index is -1.28. The molecule has 0 bridgehead atoms. The summed E-state index contributed by atoms with van der Waals surface area (Å²) in [4.78, 5) is 29.8. The molecule has 0 atom stereocenters. The van der Waals surface area contributed by atoms with Crippen molar-refractivity contribution < 1.29 is 18.6 Å². The topological polar surface area (TPSA) is 103 Å². The molecule has 0 spiro atoms. The van der Waals surface area contributed by atoms with Gasteiger partial charge in [0.05, 0.1) is 28.8 Å². The fourth-order valence-corrected chi connectivity index (χ4v) is 3.65. The molecule has 11 heteroatoms. The Labute approximate surface area is 215 Å². The molecular weight excluding hydrogens is 504 g/mol. The van der Waals surface area contributed by atoms with Crippen LogP contribution in [0.1, 0.15) is 36.6 Å². The van der Waals surface area contributed by atoms with Crippen LogP contribution in [0.2, 0.25) is 5.02 Å².